The highest BCUT2D eigenvalue weighted by Gasteiger charge is 2.03. The fraction of sp³-hybridized carbons (Fsp3) is 0.125. The molecule has 0 aliphatic carbocycles. The Balaban J connectivity index is 1.52. The number of carbonyl (C=O) groups is 1. The SMILES string of the molecule is O=C(/C=C/c1ccco1)NCCc1cn2cc(F)ccc2n1. The molecule has 0 spiro atoms. The third kappa shape index (κ3) is 3.41. The van der Waals surface area contributed by atoms with Gasteiger partial charge in [-0.2, -0.15) is 0 Å². The molecule has 3 aromatic heterocycles. The summed E-state index contributed by atoms with van der Waals surface area (Å²) in [6, 6.07) is 6.50. The lowest BCUT2D eigenvalue weighted by Gasteiger charge is -1.99. The highest BCUT2D eigenvalue weighted by molar-refractivity contribution is 5.91. The first kappa shape index (κ1) is 14.1. The second kappa shape index (κ2) is 6.26. The molecule has 0 atom stereocenters. The van der Waals surface area contributed by atoms with Gasteiger partial charge in [0.25, 0.3) is 0 Å². The van der Waals surface area contributed by atoms with Gasteiger partial charge < -0.3 is 14.1 Å². The number of fused-ring (bicyclic) bond motifs is 1. The van der Waals surface area contributed by atoms with Gasteiger partial charge in [-0.25, -0.2) is 9.37 Å². The van der Waals surface area contributed by atoms with Crippen LogP contribution in [-0.4, -0.2) is 21.8 Å². The largest absolute Gasteiger partial charge is 0.465 e. The van der Waals surface area contributed by atoms with Crippen LogP contribution < -0.4 is 5.32 Å². The molecule has 3 aromatic rings. The van der Waals surface area contributed by atoms with Gasteiger partial charge in [0.2, 0.25) is 5.91 Å². The normalized spacial score (nSPS) is 11.3. The van der Waals surface area contributed by atoms with E-state index < -0.39 is 0 Å². The fourth-order valence-corrected chi connectivity index (χ4v) is 2.05. The van der Waals surface area contributed by atoms with E-state index in [-0.39, 0.29) is 11.7 Å². The summed E-state index contributed by atoms with van der Waals surface area (Å²) in [5, 5.41) is 2.76. The molecule has 3 rings (SSSR count). The maximum absolute atomic E-state index is 13.1. The van der Waals surface area contributed by atoms with Crippen molar-refractivity contribution in [1.82, 2.24) is 14.7 Å². The van der Waals surface area contributed by atoms with Crippen LogP contribution in [0.4, 0.5) is 4.39 Å². The molecule has 0 unspecified atom stereocenters. The maximum Gasteiger partial charge on any atom is 0.244 e. The van der Waals surface area contributed by atoms with Crippen molar-refractivity contribution in [2.75, 3.05) is 6.54 Å². The molecule has 0 radical (unpaired) electrons. The van der Waals surface area contributed by atoms with Crippen LogP contribution in [0.25, 0.3) is 11.7 Å². The van der Waals surface area contributed by atoms with Crippen molar-refractivity contribution in [2.24, 2.45) is 0 Å². The molecule has 0 aliphatic heterocycles. The van der Waals surface area contributed by atoms with E-state index >= 15 is 0 Å². The van der Waals surface area contributed by atoms with E-state index in [2.05, 4.69) is 10.3 Å². The maximum atomic E-state index is 13.1. The topological polar surface area (TPSA) is 59.5 Å². The van der Waals surface area contributed by atoms with Crippen molar-refractivity contribution in [3.63, 3.8) is 0 Å². The van der Waals surface area contributed by atoms with Gasteiger partial charge in [0.1, 0.15) is 17.2 Å². The highest BCUT2D eigenvalue weighted by Crippen LogP contribution is 2.07. The second-order valence-electron chi connectivity index (χ2n) is 4.73. The van der Waals surface area contributed by atoms with Gasteiger partial charge in [-0.15, -0.1) is 0 Å². The first-order chi connectivity index (χ1) is 10.7. The molecule has 5 nitrogen and oxygen atoms in total. The van der Waals surface area contributed by atoms with Crippen LogP contribution in [0.15, 0.2) is 53.4 Å². The van der Waals surface area contributed by atoms with Gasteiger partial charge in [0.05, 0.1) is 12.0 Å². The van der Waals surface area contributed by atoms with Crippen molar-refractivity contribution < 1.29 is 13.6 Å². The molecule has 0 aliphatic rings. The zero-order chi connectivity index (χ0) is 15.4. The predicted octanol–water partition coefficient (Wildman–Crippen LogP) is 2.44. The Morgan fingerprint density at radius 2 is 2.27 bits per heavy atom. The fourth-order valence-electron chi connectivity index (χ4n) is 2.05. The molecule has 0 aromatic carbocycles. The number of amides is 1. The molecule has 0 saturated carbocycles. The zero-order valence-corrected chi connectivity index (χ0v) is 11.7. The van der Waals surface area contributed by atoms with Gasteiger partial charge in [-0.3, -0.25) is 4.79 Å². The number of hydrogen-bond acceptors (Lipinski definition) is 3. The number of furan rings is 1. The van der Waals surface area contributed by atoms with Crippen LogP contribution in [0.5, 0.6) is 0 Å². The quantitative estimate of drug-likeness (QED) is 0.736. The minimum Gasteiger partial charge on any atom is -0.465 e. The average Bonchev–Trinajstić information content (AvgIpc) is 3.13. The monoisotopic (exact) mass is 299 g/mol. The minimum atomic E-state index is -0.312. The number of carbonyl (C=O) groups excluding carboxylic acids is 1. The van der Waals surface area contributed by atoms with E-state index in [4.69, 9.17) is 4.42 Å². The standard InChI is InChI=1S/C16H14FN3O2/c17-12-3-5-15-19-13(11-20(15)10-12)7-8-18-16(21)6-4-14-2-1-9-22-14/h1-6,9-11H,7-8H2,(H,18,21)/b6-4+. The van der Waals surface area contributed by atoms with Gasteiger partial charge in [0.15, 0.2) is 0 Å². The van der Waals surface area contributed by atoms with Crippen LogP contribution in [0.1, 0.15) is 11.5 Å². The van der Waals surface area contributed by atoms with E-state index in [1.807, 2.05) is 0 Å². The van der Waals surface area contributed by atoms with E-state index in [0.29, 0.717) is 24.4 Å². The molecule has 1 N–H and O–H groups in total. The Hall–Kier alpha value is -2.89. The number of aromatic nitrogens is 2. The second-order valence-corrected chi connectivity index (χ2v) is 4.73. The number of rotatable bonds is 5. The van der Waals surface area contributed by atoms with E-state index in [1.54, 1.807) is 41.1 Å². The third-order valence-corrected chi connectivity index (χ3v) is 3.09. The summed E-state index contributed by atoms with van der Waals surface area (Å²) in [4.78, 5) is 16.0. The lowest BCUT2D eigenvalue weighted by atomic mass is 10.3. The third-order valence-electron chi connectivity index (χ3n) is 3.09. The average molecular weight is 299 g/mol. The molecule has 1 amide bonds. The molecule has 0 bridgehead atoms. The zero-order valence-electron chi connectivity index (χ0n) is 11.7. The lowest BCUT2D eigenvalue weighted by molar-refractivity contribution is -0.116. The molecule has 112 valence electrons. The molecule has 6 heteroatoms. The molecular formula is C16H14FN3O2. The molecule has 0 fully saturated rings. The van der Waals surface area contributed by atoms with Crippen LogP contribution in [0.2, 0.25) is 0 Å². The predicted molar refractivity (Wildman–Crippen MR) is 79.6 cm³/mol. The Morgan fingerprint density at radius 1 is 1.36 bits per heavy atom. The van der Waals surface area contributed by atoms with Gasteiger partial charge in [-0.05, 0) is 30.3 Å². The summed E-state index contributed by atoms with van der Waals surface area (Å²) in [6.07, 6.45) is 8.26. The summed E-state index contributed by atoms with van der Waals surface area (Å²) in [6.45, 7) is 0.452. The van der Waals surface area contributed by atoms with Crippen molar-refractivity contribution in [1.29, 1.82) is 0 Å². The van der Waals surface area contributed by atoms with Gasteiger partial charge in [0, 0.05) is 31.4 Å². The smallest absolute Gasteiger partial charge is 0.244 e. The molecule has 3 heterocycles. The highest BCUT2D eigenvalue weighted by atomic mass is 19.1. The Morgan fingerprint density at radius 3 is 3.09 bits per heavy atom. The minimum absolute atomic E-state index is 0.203. The number of halogens is 1. The number of hydrogen-bond donors (Lipinski definition) is 1. The summed E-state index contributed by atoms with van der Waals surface area (Å²) in [5.41, 5.74) is 1.47. The Kier molecular flexibility index (Phi) is 4.00. The lowest BCUT2D eigenvalue weighted by Crippen LogP contribution is -2.23. The summed E-state index contributed by atoms with van der Waals surface area (Å²) in [5.74, 6) is 0.108. The van der Waals surface area contributed by atoms with E-state index in [0.717, 1.165) is 5.69 Å². The van der Waals surface area contributed by atoms with Gasteiger partial charge in [-0.1, -0.05) is 0 Å². The molecule has 22 heavy (non-hydrogen) atoms. The first-order valence-corrected chi connectivity index (χ1v) is 6.83. The van der Waals surface area contributed by atoms with Gasteiger partial charge >= 0.3 is 0 Å². The van der Waals surface area contributed by atoms with Crippen molar-refractivity contribution in [3.8, 4) is 0 Å². The van der Waals surface area contributed by atoms with E-state index in [1.165, 1.54) is 18.3 Å². The van der Waals surface area contributed by atoms with Crippen LogP contribution in [0, 0.1) is 5.82 Å². The summed E-state index contributed by atoms with van der Waals surface area (Å²) >= 11 is 0. The van der Waals surface area contributed by atoms with Crippen LogP contribution >= 0.6 is 0 Å². The van der Waals surface area contributed by atoms with Crippen molar-refractivity contribution >= 4 is 17.6 Å². The number of nitrogens with zero attached hydrogens (tertiary/aromatic N) is 2. The molecule has 0 saturated heterocycles. The van der Waals surface area contributed by atoms with Crippen LogP contribution in [-0.2, 0) is 11.2 Å². The number of nitrogens with one attached hydrogen (secondary N) is 1. The number of pyridine rings is 1. The first-order valence-electron chi connectivity index (χ1n) is 6.83. The summed E-state index contributed by atoms with van der Waals surface area (Å²) in [7, 11) is 0. The summed E-state index contributed by atoms with van der Waals surface area (Å²) < 4.78 is 19.8. The number of imidazole rings is 1. The van der Waals surface area contributed by atoms with Crippen molar-refractivity contribution in [2.45, 2.75) is 6.42 Å². The molecular weight excluding hydrogens is 285 g/mol. The van der Waals surface area contributed by atoms with Crippen molar-refractivity contribution in [3.05, 3.63) is 66.3 Å². The Labute approximate surface area is 126 Å². The Bertz CT molecular complexity index is 806. The van der Waals surface area contributed by atoms with E-state index in [9.17, 15) is 9.18 Å². The van der Waals surface area contributed by atoms with Crippen LogP contribution in [0.3, 0.4) is 0 Å².